The largest absolute Gasteiger partial charge is 0.272 e. The Bertz CT molecular complexity index is 657. The Hall–Kier alpha value is -1.49. The van der Waals surface area contributed by atoms with Crippen LogP contribution in [0.4, 0.5) is 0 Å². The van der Waals surface area contributed by atoms with E-state index in [2.05, 4.69) is 10.5 Å². The molecule has 1 amide bonds. The van der Waals surface area contributed by atoms with Gasteiger partial charge in [0, 0.05) is 10.5 Å². The lowest BCUT2D eigenvalue weighted by Gasteiger charge is -2.09. The Balaban J connectivity index is 1.93. The summed E-state index contributed by atoms with van der Waals surface area (Å²) in [5.41, 5.74) is 3.08. The Kier molecular flexibility index (Phi) is 6.31. The molecule has 0 unspecified atom stereocenters. The number of hydrazone groups is 1. The summed E-state index contributed by atoms with van der Waals surface area (Å²) in [6.45, 7) is 1.82. The van der Waals surface area contributed by atoms with Crippen LogP contribution in [0.15, 0.2) is 58.5 Å². The van der Waals surface area contributed by atoms with Gasteiger partial charge in [-0.25, -0.2) is 5.43 Å². The number of rotatable bonds is 5. The Morgan fingerprint density at radius 2 is 1.77 bits per heavy atom. The van der Waals surface area contributed by atoms with E-state index in [-0.39, 0.29) is 11.2 Å². The van der Waals surface area contributed by atoms with Gasteiger partial charge in [0.05, 0.1) is 21.5 Å². The van der Waals surface area contributed by atoms with E-state index in [1.165, 1.54) is 18.0 Å². The van der Waals surface area contributed by atoms with Crippen LogP contribution in [-0.2, 0) is 4.79 Å². The van der Waals surface area contributed by atoms with Gasteiger partial charge in [-0.2, -0.15) is 5.10 Å². The molecule has 0 heterocycles. The highest BCUT2D eigenvalue weighted by molar-refractivity contribution is 8.00. The van der Waals surface area contributed by atoms with Gasteiger partial charge in [0.25, 0.3) is 5.91 Å². The van der Waals surface area contributed by atoms with Crippen molar-refractivity contribution in [3.05, 3.63) is 64.1 Å². The van der Waals surface area contributed by atoms with Crippen LogP contribution in [0, 0.1) is 0 Å². The number of nitrogens with zero attached hydrogens (tertiary/aromatic N) is 1. The maximum atomic E-state index is 12.0. The van der Waals surface area contributed by atoms with E-state index in [0.717, 1.165) is 4.90 Å². The molecule has 1 atom stereocenters. The molecule has 0 saturated heterocycles. The maximum Gasteiger partial charge on any atom is 0.253 e. The molecule has 1 N–H and O–H groups in total. The number of hydrogen-bond acceptors (Lipinski definition) is 3. The Morgan fingerprint density at radius 3 is 2.41 bits per heavy atom. The molecule has 0 aliphatic heterocycles. The second-order valence-corrected chi connectivity index (χ2v) is 6.67. The predicted molar refractivity (Wildman–Crippen MR) is 94.0 cm³/mol. The lowest BCUT2D eigenvalue weighted by Crippen LogP contribution is -2.26. The first kappa shape index (κ1) is 16.9. The molecule has 0 bridgehead atoms. The molecule has 114 valence electrons. The van der Waals surface area contributed by atoms with Crippen LogP contribution in [0.3, 0.4) is 0 Å². The van der Waals surface area contributed by atoms with Crippen molar-refractivity contribution < 1.29 is 4.79 Å². The first-order chi connectivity index (χ1) is 10.6. The van der Waals surface area contributed by atoms with E-state index in [1.807, 2.05) is 37.3 Å². The second-order valence-electron chi connectivity index (χ2n) is 4.44. The van der Waals surface area contributed by atoms with Gasteiger partial charge in [0.1, 0.15) is 0 Å². The van der Waals surface area contributed by atoms with Gasteiger partial charge in [0.2, 0.25) is 0 Å². The summed E-state index contributed by atoms with van der Waals surface area (Å²) < 4.78 is 0. The first-order valence-electron chi connectivity index (χ1n) is 6.56. The molecule has 22 heavy (non-hydrogen) atoms. The third kappa shape index (κ3) is 4.77. The van der Waals surface area contributed by atoms with Crippen molar-refractivity contribution in [1.29, 1.82) is 0 Å². The fraction of sp³-hybridized carbons (Fsp3) is 0.125. The number of nitrogens with one attached hydrogen (secondary N) is 1. The molecule has 0 aliphatic rings. The van der Waals surface area contributed by atoms with Crippen molar-refractivity contribution >= 4 is 47.1 Å². The quantitative estimate of drug-likeness (QED) is 0.484. The molecule has 6 heteroatoms. The van der Waals surface area contributed by atoms with Gasteiger partial charge in [-0.3, -0.25) is 4.79 Å². The standard InChI is InChI=1S/C16H14Cl2N2OS/c1-11(22-12-6-3-2-4-7-12)16(21)20-19-10-13-14(17)8-5-9-15(13)18/h2-11H,1H3,(H,20,21)/b19-10-/t11-/m0/s1. The van der Waals surface area contributed by atoms with E-state index in [4.69, 9.17) is 23.2 Å². The SMILES string of the molecule is C[C@H](Sc1ccccc1)C(=O)N/N=C\c1c(Cl)cccc1Cl. The zero-order valence-corrected chi connectivity index (χ0v) is 14.1. The van der Waals surface area contributed by atoms with Gasteiger partial charge in [-0.15, -0.1) is 11.8 Å². The Morgan fingerprint density at radius 1 is 1.14 bits per heavy atom. The van der Waals surface area contributed by atoms with Crippen molar-refractivity contribution in [3.8, 4) is 0 Å². The van der Waals surface area contributed by atoms with Crippen molar-refractivity contribution in [2.24, 2.45) is 5.10 Å². The number of thioether (sulfide) groups is 1. The minimum Gasteiger partial charge on any atom is -0.272 e. The molecule has 2 aromatic rings. The molecule has 0 spiro atoms. The zero-order valence-electron chi connectivity index (χ0n) is 11.8. The average molecular weight is 353 g/mol. The average Bonchev–Trinajstić information content (AvgIpc) is 2.51. The molecule has 0 saturated carbocycles. The lowest BCUT2D eigenvalue weighted by molar-refractivity contribution is -0.120. The van der Waals surface area contributed by atoms with Gasteiger partial charge >= 0.3 is 0 Å². The van der Waals surface area contributed by atoms with Gasteiger partial charge in [-0.05, 0) is 31.2 Å². The monoisotopic (exact) mass is 352 g/mol. The highest BCUT2D eigenvalue weighted by Gasteiger charge is 2.13. The van der Waals surface area contributed by atoms with Gasteiger partial charge in [-0.1, -0.05) is 47.5 Å². The van der Waals surface area contributed by atoms with Crippen molar-refractivity contribution in [2.45, 2.75) is 17.1 Å². The van der Waals surface area contributed by atoms with E-state index in [0.29, 0.717) is 15.6 Å². The zero-order chi connectivity index (χ0) is 15.9. The number of hydrogen-bond donors (Lipinski definition) is 1. The Labute approximate surface area is 143 Å². The summed E-state index contributed by atoms with van der Waals surface area (Å²) in [4.78, 5) is 13.0. The number of amides is 1. The highest BCUT2D eigenvalue weighted by Crippen LogP contribution is 2.23. The number of benzene rings is 2. The molecule has 0 aliphatic carbocycles. The fourth-order valence-corrected chi connectivity index (χ4v) is 3.02. The maximum absolute atomic E-state index is 12.0. The summed E-state index contributed by atoms with van der Waals surface area (Å²) >= 11 is 13.5. The van der Waals surface area contributed by atoms with Crippen molar-refractivity contribution in [1.82, 2.24) is 5.43 Å². The summed E-state index contributed by atoms with van der Waals surface area (Å²) in [6, 6.07) is 14.9. The molecule has 3 nitrogen and oxygen atoms in total. The molecule has 2 rings (SSSR count). The third-order valence-electron chi connectivity index (χ3n) is 2.79. The lowest BCUT2D eigenvalue weighted by atomic mass is 10.2. The summed E-state index contributed by atoms with van der Waals surface area (Å²) in [6.07, 6.45) is 1.45. The van der Waals surface area contributed by atoms with Crippen LogP contribution in [0.2, 0.25) is 10.0 Å². The first-order valence-corrected chi connectivity index (χ1v) is 8.20. The second kappa shape index (κ2) is 8.22. The minimum absolute atomic E-state index is 0.187. The molecule has 0 radical (unpaired) electrons. The van der Waals surface area contributed by atoms with E-state index in [9.17, 15) is 4.79 Å². The van der Waals surface area contributed by atoms with Crippen molar-refractivity contribution in [3.63, 3.8) is 0 Å². The molecule has 2 aromatic carbocycles. The number of carbonyl (C=O) groups is 1. The molecule has 0 aromatic heterocycles. The van der Waals surface area contributed by atoms with Gasteiger partial charge < -0.3 is 0 Å². The smallest absolute Gasteiger partial charge is 0.253 e. The minimum atomic E-state index is -0.263. The van der Waals surface area contributed by atoms with Crippen LogP contribution in [0.5, 0.6) is 0 Å². The van der Waals surface area contributed by atoms with Crippen LogP contribution in [-0.4, -0.2) is 17.4 Å². The summed E-state index contributed by atoms with van der Waals surface area (Å²) in [5.74, 6) is -0.187. The molecular weight excluding hydrogens is 339 g/mol. The van der Waals surface area contributed by atoms with E-state index in [1.54, 1.807) is 18.2 Å². The molecule has 0 fully saturated rings. The normalized spacial score (nSPS) is 12.3. The number of halogens is 2. The van der Waals surface area contributed by atoms with Crippen LogP contribution < -0.4 is 5.43 Å². The topological polar surface area (TPSA) is 41.5 Å². The summed E-state index contributed by atoms with van der Waals surface area (Å²) in [5, 5.41) is 4.62. The van der Waals surface area contributed by atoms with Gasteiger partial charge in [0.15, 0.2) is 0 Å². The third-order valence-corrected chi connectivity index (χ3v) is 4.56. The number of carbonyl (C=O) groups excluding carboxylic acids is 1. The van der Waals surface area contributed by atoms with Crippen LogP contribution >= 0.6 is 35.0 Å². The van der Waals surface area contributed by atoms with Crippen LogP contribution in [0.25, 0.3) is 0 Å². The molecular formula is C16H14Cl2N2OS. The predicted octanol–water partition coefficient (Wildman–Crippen LogP) is 4.62. The highest BCUT2D eigenvalue weighted by atomic mass is 35.5. The van der Waals surface area contributed by atoms with Crippen molar-refractivity contribution in [2.75, 3.05) is 0 Å². The van der Waals surface area contributed by atoms with E-state index < -0.39 is 0 Å². The van der Waals surface area contributed by atoms with E-state index >= 15 is 0 Å². The fourth-order valence-electron chi connectivity index (χ4n) is 1.64. The summed E-state index contributed by atoms with van der Waals surface area (Å²) in [7, 11) is 0. The van der Waals surface area contributed by atoms with Crippen LogP contribution in [0.1, 0.15) is 12.5 Å².